The summed E-state index contributed by atoms with van der Waals surface area (Å²) in [5.41, 5.74) is 2.12. The number of aryl methyl sites for hydroxylation is 1. The van der Waals surface area contributed by atoms with Gasteiger partial charge in [-0.15, -0.1) is 0 Å². The summed E-state index contributed by atoms with van der Waals surface area (Å²) in [6.07, 6.45) is 2.50. The zero-order valence-corrected chi connectivity index (χ0v) is 14.7. The monoisotopic (exact) mass is 384 g/mol. The van der Waals surface area contributed by atoms with E-state index in [1.54, 1.807) is 0 Å². The number of rotatable bonds is 2. The highest BCUT2D eigenvalue weighted by Gasteiger charge is 2.53. The molecule has 1 atom stereocenters. The fourth-order valence-electron chi connectivity index (χ4n) is 3.75. The molecule has 0 radical (unpaired) electrons. The van der Waals surface area contributed by atoms with Crippen molar-refractivity contribution < 1.29 is 9.59 Å². The van der Waals surface area contributed by atoms with Crippen LogP contribution in [0.3, 0.4) is 0 Å². The second-order valence-electron chi connectivity index (χ2n) is 6.33. The summed E-state index contributed by atoms with van der Waals surface area (Å²) in [5.74, 6) is -0.143. The third kappa shape index (κ3) is 2.26. The average Bonchev–Trinajstić information content (AvgIpc) is 2.82. The maximum Gasteiger partial charge on any atom is 0.325 e. The Morgan fingerprint density at radius 3 is 2.67 bits per heavy atom. The van der Waals surface area contributed by atoms with Gasteiger partial charge >= 0.3 is 6.03 Å². The molecule has 1 saturated heterocycles. The third-order valence-corrected chi connectivity index (χ3v) is 5.71. The van der Waals surface area contributed by atoms with Gasteiger partial charge in [0.15, 0.2) is 0 Å². The molecule has 4 rings (SSSR count). The van der Waals surface area contributed by atoms with Gasteiger partial charge in [-0.1, -0.05) is 58.4 Å². The summed E-state index contributed by atoms with van der Waals surface area (Å²) >= 11 is 3.49. The van der Waals surface area contributed by atoms with E-state index in [-0.39, 0.29) is 18.5 Å². The third-order valence-electron chi connectivity index (χ3n) is 4.94. The van der Waals surface area contributed by atoms with Gasteiger partial charge in [0.25, 0.3) is 5.91 Å². The van der Waals surface area contributed by atoms with E-state index in [4.69, 9.17) is 0 Å². The van der Waals surface area contributed by atoms with E-state index in [0.29, 0.717) is 6.42 Å². The SMILES string of the molecule is O=C1NC2(CCCc3ccccc32)C(=O)N1Cc1ccccc1Br. The topological polar surface area (TPSA) is 49.4 Å². The lowest BCUT2D eigenvalue weighted by atomic mass is 9.76. The van der Waals surface area contributed by atoms with Crippen LogP contribution in [0.2, 0.25) is 0 Å². The molecule has 1 aliphatic carbocycles. The van der Waals surface area contributed by atoms with Crippen LogP contribution < -0.4 is 5.32 Å². The van der Waals surface area contributed by atoms with Gasteiger partial charge in [-0.3, -0.25) is 9.69 Å². The summed E-state index contributed by atoms with van der Waals surface area (Å²) in [6, 6.07) is 15.3. The number of benzene rings is 2. The predicted octanol–water partition coefficient (Wildman–Crippen LogP) is 3.73. The highest BCUT2D eigenvalue weighted by Crippen LogP contribution is 2.40. The smallest absolute Gasteiger partial charge is 0.319 e. The molecular weight excluding hydrogens is 368 g/mol. The van der Waals surface area contributed by atoms with E-state index in [9.17, 15) is 9.59 Å². The van der Waals surface area contributed by atoms with Crippen LogP contribution in [0, 0.1) is 0 Å². The van der Waals surface area contributed by atoms with E-state index in [2.05, 4.69) is 21.2 Å². The molecular formula is C19H17BrN2O2. The van der Waals surface area contributed by atoms with Gasteiger partial charge in [0.05, 0.1) is 6.54 Å². The lowest BCUT2D eigenvalue weighted by Gasteiger charge is -2.33. The molecule has 4 nitrogen and oxygen atoms in total. The highest BCUT2D eigenvalue weighted by molar-refractivity contribution is 9.10. The van der Waals surface area contributed by atoms with Crippen LogP contribution in [-0.4, -0.2) is 16.8 Å². The Morgan fingerprint density at radius 1 is 1.08 bits per heavy atom. The van der Waals surface area contributed by atoms with Crippen molar-refractivity contribution in [3.63, 3.8) is 0 Å². The number of nitrogens with one attached hydrogen (secondary N) is 1. The van der Waals surface area contributed by atoms with Crippen molar-refractivity contribution in [2.45, 2.75) is 31.3 Å². The standard InChI is InChI=1S/C19H17BrN2O2/c20-16-10-4-2-7-14(16)12-22-17(23)19(21-18(22)24)11-5-8-13-6-1-3-9-15(13)19/h1-4,6-7,9-10H,5,8,11-12H2,(H,21,24). The Hall–Kier alpha value is -2.14. The van der Waals surface area contributed by atoms with Crippen molar-refractivity contribution in [2.75, 3.05) is 0 Å². The first-order valence-electron chi connectivity index (χ1n) is 8.08. The summed E-state index contributed by atoms with van der Waals surface area (Å²) in [4.78, 5) is 27.1. The number of fused-ring (bicyclic) bond motifs is 2. The number of carbonyl (C=O) groups excluding carboxylic acids is 2. The highest BCUT2D eigenvalue weighted by atomic mass is 79.9. The minimum absolute atomic E-state index is 0.143. The molecule has 0 bridgehead atoms. The van der Waals surface area contributed by atoms with Gasteiger partial charge in [-0.2, -0.15) is 0 Å². The van der Waals surface area contributed by atoms with Crippen LogP contribution in [-0.2, 0) is 23.3 Å². The van der Waals surface area contributed by atoms with Gasteiger partial charge in [0.2, 0.25) is 0 Å². The van der Waals surface area contributed by atoms with Crippen LogP contribution in [0.15, 0.2) is 53.0 Å². The molecule has 1 aliphatic heterocycles. The number of imide groups is 1. The maximum atomic E-state index is 13.2. The molecule has 122 valence electrons. The fraction of sp³-hybridized carbons (Fsp3) is 0.263. The first kappa shape index (κ1) is 15.4. The van der Waals surface area contributed by atoms with E-state index in [1.165, 1.54) is 4.90 Å². The molecule has 0 aromatic heterocycles. The number of hydrogen-bond acceptors (Lipinski definition) is 2. The maximum absolute atomic E-state index is 13.2. The quantitative estimate of drug-likeness (QED) is 0.801. The fourth-order valence-corrected chi connectivity index (χ4v) is 4.16. The molecule has 1 heterocycles. The molecule has 1 N–H and O–H groups in total. The largest absolute Gasteiger partial charge is 0.325 e. The summed E-state index contributed by atoms with van der Waals surface area (Å²) in [6.45, 7) is 0.274. The Kier molecular flexibility index (Phi) is 3.68. The van der Waals surface area contributed by atoms with Crippen LogP contribution in [0.25, 0.3) is 0 Å². The van der Waals surface area contributed by atoms with Crippen molar-refractivity contribution in [1.82, 2.24) is 10.2 Å². The average molecular weight is 385 g/mol. The minimum Gasteiger partial charge on any atom is -0.319 e. The van der Waals surface area contributed by atoms with Crippen LogP contribution in [0.4, 0.5) is 4.79 Å². The second kappa shape index (κ2) is 5.74. The lowest BCUT2D eigenvalue weighted by Crippen LogP contribution is -2.46. The molecule has 1 fully saturated rings. The number of amides is 3. The van der Waals surface area contributed by atoms with Crippen molar-refractivity contribution in [2.24, 2.45) is 0 Å². The zero-order valence-electron chi connectivity index (χ0n) is 13.1. The molecule has 3 amide bonds. The molecule has 5 heteroatoms. The predicted molar refractivity (Wildman–Crippen MR) is 94.3 cm³/mol. The van der Waals surface area contributed by atoms with Crippen LogP contribution in [0.5, 0.6) is 0 Å². The number of carbonyl (C=O) groups is 2. The molecule has 1 unspecified atom stereocenters. The van der Waals surface area contributed by atoms with Crippen molar-refractivity contribution in [3.8, 4) is 0 Å². The van der Waals surface area contributed by atoms with Crippen LogP contribution in [0.1, 0.15) is 29.5 Å². The molecule has 0 saturated carbocycles. The van der Waals surface area contributed by atoms with Crippen molar-refractivity contribution in [1.29, 1.82) is 0 Å². The van der Waals surface area contributed by atoms with Crippen LogP contribution >= 0.6 is 15.9 Å². The first-order chi connectivity index (χ1) is 11.6. The van der Waals surface area contributed by atoms with Gasteiger partial charge in [-0.05, 0) is 42.0 Å². The molecule has 2 aromatic rings. The Balaban J connectivity index is 1.71. The first-order valence-corrected chi connectivity index (χ1v) is 8.87. The summed E-state index contributed by atoms with van der Waals surface area (Å²) in [5, 5.41) is 2.99. The Bertz CT molecular complexity index is 836. The molecule has 2 aromatic carbocycles. The van der Waals surface area contributed by atoms with Gasteiger partial charge in [0, 0.05) is 4.47 Å². The lowest BCUT2D eigenvalue weighted by molar-refractivity contribution is -0.132. The van der Waals surface area contributed by atoms with Gasteiger partial charge in [-0.25, -0.2) is 4.79 Å². The molecule has 24 heavy (non-hydrogen) atoms. The zero-order chi connectivity index (χ0) is 16.7. The van der Waals surface area contributed by atoms with Gasteiger partial charge in [0.1, 0.15) is 5.54 Å². The van der Waals surface area contributed by atoms with E-state index >= 15 is 0 Å². The summed E-state index contributed by atoms with van der Waals surface area (Å²) < 4.78 is 0.899. The normalized spacial score (nSPS) is 22.6. The van der Waals surface area contributed by atoms with E-state index in [1.807, 2.05) is 48.5 Å². The number of hydrogen-bond donors (Lipinski definition) is 1. The van der Waals surface area contributed by atoms with E-state index < -0.39 is 5.54 Å². The molecule has 1 spiro atoms. The number of urea groups is 1. The second-order valence-corrected chi connectivity index (χ2v) is 7.18. The van der Waals surface area contributed by atoms with E-state index in [0.717, 1.165) is 34.0 Å². The van der Waals surface area contributed by atoms with Gasteiger partial charge < -0.3 is 5.32 Å². The minimum atomic E-state index is -0.896. The Morgan fingerprint density at radius 2 is 1.83 bits per heavy atom. The van der Waals surface area contributed by atoms with Crippen molar-refractivity contribution >= 4 is 27.9 Å². The Labute approximate surface area is 149 Å². The number of halogens is 1. The summed E-state index contributed by atoms with van der Waals surface area (Å²) in [7, 11) is 0. The molecule has 2 aliphatic rings. The van der Waals surface area contributed by atoms with Crippen molar-refractivity contribution in [3.05, 3.63) is 69.7 Å². The number of nitrogens with zero attached hydrogens (tertiary/aromatic N) is 1.